The van der Waals surface area contributed by atoms with Crippen molar-refractivity contribution in [1.82, 2.24) is 9.78 Å². The number of aryl methyl sites for hydroxylation is 1. The van der Waals surface area contributed by atoms with Crippen LogP contribution < -0.4 is 0 Å². The molecule has 0 saturated heterocycles. The van der Waals surface area contributed by atoms with E-state index in [1.807, 2.05) is 4.68 Å². The summed E-state index contributed by atoms with van der Waals surface area (Å²) < 4.78 is 1.88. The third kappa shape index (κ3) is 3.32. The Balaban J connectivity index is 2.14. The van der Waals surface area contributed by atoms with Crippen molar-refractivity contribution in [3.63, 3.8) is 0 Å². The molecule has 3 unspecified atom stereocenters. The molecule has 0 aromatic carbocycles. The number of halogens is 1. The van der Waals surface area contributed by atoms with Crippen LogP contribution in [0.5, 0.6) is 0 Å². The van der Waals surface area contributed by atoms with Crippen molar-refractivity contribution in [3.05, 3.63) is 16.9 Å². The van der Waals surface area contributed by atoms with Gasteiger partial charge in [0.15, 0.2) is 0 Å². The van der Waals surface area contributed by atoms with Gasteiger partial charge in [0.1, 0.15) is 0 Å². The SMILES string of the molecule is CCCn1ncc(Cl)c1C(O)C1CCCC(CC)C1. The van der Waals surface area contributed by atoms with Crippen LogP contribution in [0.25, 0.3) is 0 Å². The van der Waals surface area contributed by atoms with Gasteiger partial charge in [-0.3, -0.25) is 4.68 Å². The van der Waals surface area contributed by atoms with Crippen LogP contribution in [0.3, 0.4) is 0 Å². The molecule has 4 heteroatoms. The van der Waals surface area contributed by atoms with Crippen LogP contribution in [-0.4, -0.2) is 14.9 Å². The smallest absolute Gasteiger partial charge is 0.0999 e. The number of aromatic nitrogens is 2. The molecule has 0 radical (unpaired) electrons. The summed E-state index contributed by atoms with van der Waals surface area (Å²) in [6.07, 6.45) is 8.16. The first-order chi connectivity index (χ1) is 9.17. The van der Waals surface area contributed by atoms with Crippen molar-refractivity contribution in [2.45, 2.75) is 65.0 Å². The lowest BCUT2D eigenvalue weighted by atomic mass is 9.77. The topological polar surface area (TPSA) is 38.0 Å². The average Bonchev–Trinajstić information content (AvgIpc) is 2.79. The van der Waals surface area contributed by atoms with Crippen molar-refractivity contribution >= 4 is 11.6 Å². The molecule has 1 heterocycles. The molecule has 1 aromatic rings. The molecule has 3 atom stereocenters. The van der Waals surface area contributed by atoms with Crippen LogP contribution in [0.1, 0.15) is 64.2 Å². The standard InChI is InChI=1S/C15H25ClN2O/c1-3-8-18-14(13(16)10-17-18)15(19)12-7-5-6-11(4-2)9-12/h10-12,15,19H,3-9H2,1-2H3. The van der Waals surface area contributed by atoms with Crippen LogP contribution in [0, 0.1) is 11.8 Å². The fraction of sp³-hybridized carbons (Fsp3) is 0.800. The minimum Gasteiger partial charge on any atom is -0.386 e. The molecule has 3 nitrogen and oxygen atoms in total. The van der Waals surface area contributed by atoms with Gasteiger partial charge >= 0.3 is 0 Å². The lowest BCUT2D eigenvalue weighted by molar-refractivity contribution is 0.0607. The van der Waals surface area contributed by atoms with E-state index in [0.717, 1.165) is 37.4 Å². The van der Waals surface area contributed by atoms with Crippen LogP contribution in [-0.2, 0) is 6.54 Å². The van der Waals surface area contributed by atoms with Crippen LogP contribution >= 0.6 is 11.6 Å². The molecule has 108 valence electrons. The Labute approximate surface area is 121 Å². The number of rotatable bonds is 5. The van der Waals surface area contributed by atoms with Gasteiger partial charge in [0, 0.05) is 6.54 Å². The summed E-state index contributed by atoms with van der Waals surface area (Å²) in [5.74, 6) is 1.10. The Morgan fingerprint density at radius 3 is 2.95 bits per heavy atom. The molecular formula is C15H25ClN2O. The quantitative estimate of drug-likeness (QED) is 0.880. The van der Waals surface area contributed by atoms with E-state index < -0.39 is 6.10 Å². The maximum Gasteiger partial charge on any atom is 0.0999 e. The number of aliphatic hydroxyl groups excluding tert-OH is 1. The van der Waals surface area contributed by atoms with Crippen molar-refractivity contribution in [1.29, 1.82) is 0 Å². The number of nitrogens with zero attached hydrogens (tertiary/aromatic N) is 2. The fourth-order valence-electron chi connectivity index (χ4n) is 3.27. The third-order valence-corrected chi connectivity index (χ3v) is 4.69. The summed E-state index contributed by atoms with van der Waals surface area (Å²) in [7, 11) is 0. The molecule has 1 aromatic heterocycles. The second-order valence-corrected chi connectivity index (χ2v) is 6.15. The highest BCUT2D eigenvalue weighted by atomic mass is 35.5. The number of aliphatic hydroxyl groups is 1. The predicted octanol–water partition coefficient (Wildman–Crippen LogP) is 4.20. The fourth-order valence-corrected chi connectivity index (χ4v) is 3.52. The van der Waals surface area contributed by atoms with Gasteiger partial charge < -0.3 is 5.11 Å². The molecule has 1 N–H and O–H groups in total. The molecule has 1 saturated carbocycles. The molecule has 0 bridgehead atoms. The van der Waals surface area contributed by atoms with Gasteiger partial charge in [-0.15, -0.1) is 0 Å². The van der Waals surface area contributed by atoms with Gasteiger partial charge in [0.25, 0.3) is 0 Å². The van der Waals surface area contributed by atoms with E-state index in [1.165, 1.54) is 19.3 Å². The molecule has 1 aliphatic rings. The van der Waals surface area contributed by atoms with E-state index in [4.69, 9.17) is 11.6 Å². The van der Waals surface area contributed by atoms with Gasteiger partial charge in [0.2, 0.25) is 0 Å². The molecule has 1 aliphatic carbocycles. The second-order valence-electron chi connectivity index (χ2n) is 5.75. The summed E-state index contributed by atoms with van der Waals surface area (Å²) in [5.41, 5.74) is 0.824. The summed E-state index contributed by atoms with van der Waals surface area (Å²) in [4.78, 5) is 0. The van der Waals surface area contributed by atoms with Crippen molar-refractivity contribution < 1.29 is 5.11 Å². The Bertz CT molecular complexity index is 405. The van der Waals surface area contributed by atoms with Gasteiger partial charge in [0.05, 0.1) is 23.0 Å². The zero-order chi connectivity index (χ0) is 13.8. The third-order valence-electron chi connectivity index (χ3n) is 4.40. The Morgan fingerprint density at radius 2 is 2.26 bits per heavy atom. The molecule has 19 heavy (non-hydrogen) atoms. The zero-order valence-corrected chi connectivity index (χ0v) is 12.7. The molecule has 2 rings (SSSR count). The normalized spacial score (nSPS) is 25.5. The van der Waals surface area contributed by atoms with Crippen LogP contribution in [0.15, 0.2) is 6.20 Å². The Morgan fingerprint density at radius 1 is 1.47 bits per heavy atom. The minimum absolute atomic E-state index is 0.337. The highest BCUT2D eigenvalue weighted by molar-refractivity contribution is 6.31. The summed E-state index contributed by atoms with van der Waals surface area (Å²) in [6, 6.07) is 0. The Kier molecular flexibility index (Phi) is 5.28. The van der Waals surface area contributed by atoms with E-state index >= 15 is 0 Å². The number of hydrogen-bond acceptors (Lipinski definition) is 2. The maximum atomic E-state index is 10.7. The first-order valence-electron chi connectivity index (χ1n) is 7.56. The summed E-state index contributed by atoms with van der Waals surface area (Å²) in [5, 5.41) is 15.6. The van der Waals surface area contributed by atoms with Crippen LogP contribution in [0.2, 0.25) is 5.02 Å². The highest BCUT2D eigenvalue weighted by Gasteiger charge is 2.30. The molecule has 0 spiro atoms. The lowest BCUT2D eigenvalue weighted by Gasteiger charge is -2.32. The molecule has 1 fully saturated rings. The maximum absolute atomic E-state index is 10.7. The van der Waals surface area contributed by atoms with Crippen molar-refractivity contribution in [3.8, 4) is 0 Å². The highest BCUT2D eigenvalue weighted by Crippen LogP contribution is 2.40. The van der Waals surface area contributed by atoms with Gasteiger partial charge in [-0.05, 0) is 31.1 Å². The van der Waals surface area contributed by atoms with Gasteiger partial charge in [-0.25, -0.2) is 0 Å². The molecular weight excluding hydrogens is 260 g/mol. The van der Waals surface area contributed by atoms with E-state index in [9.17, 15) is 5.11 Å². The zero-order valence-electron chi connectivity index (χ0n) is 12.0. The van der Waals surface area contributed by atoms with Gasteiger partial charge in [-0.2, -0.15) is 5.10 Å². The van der Waals surface area contributed by atoms with Crippen LogP contribution in [0.4, 0.5) is 0 Å². The lowest BCUT2D eigenvalue weighted by Crippen LogP contribution is -2.23. The Hall–Kier alpha value is -0.540. The summed E-state index contributed by atoms with van der Waals surface area (Å²) in [6.45, 7) is 5.18. The van der Waals surface area contributed by atoms with E-state index in [1.54, 1.807) is 6.20 Å². The first-order valence-corrected chi connectivity index (χ1v) is 7.94. The monoisotopic (exact) mass is 284 g/mol. The minimum atomic E-state index is -0.462. The van der Waals surface area contributed by atoms with E-state index in [-0.39, 0.29) is 0 Å². The molecule has 0 aliphatic heterocycles. The average molecular weight is 285 g/mol. The largest absolute Gasteiger partial charge is 0.386 e. The van der Waals surface area contributed by atoms with Crippen molar-refractivity contribution in [2.24, 2.45) is 11.8 Å². The van der Waals surface area contributed by atoms with E-state index in [2.05, 4.69) is 18.9 Å². The molecule has 0 amide bonds. The van der Waals surface area contributed by atoms with E-state index in [0.29, 0.717) is 10.9 Å². The van der Waals surface area contributed by atoms with Gasteiger partial charge in [-0.1, -0.05) is 44.7 Å². The second kappa shape index (κ2) is 6.76. The summed E-state index contributed by atoms with van der Waals surface area (Å²) >= 11 is 6.22. The predicted molar refractivity (Wildman–Crippen MR) is 78.2 cm³/mol. The number of hydrogen-bond donors (Lipinski definition) is 1. The first kappa shape index (κ1) is 14.9. The van der Waals surface area contributed by atoms with Crippen molar-refractivity contribution in [2.75, 3.05) is 0 Å².